The molecule has 1 heterocycles. The Morgan fingerprint density at radius 2 is 2.00 bits per heavy atom. The zero-order valence-electron chi connectivity index (χ0n) is 13.9. The van der Waals surface area contributed by atoms with Crippen molar-refractivity contribution in [3.8, 4) is 0 Å². The van der Waals surface area contributed by atoms with Crippen LogP contribution in [0.1, 0.15) is 40.0 Å². The number of hydrogen-bond acceptors (Lipinski definition) is 4. The molecule has 1 amide bonds. The number of rotatable bonds is 4. The van der Waals surface area contributed by atoms with E-state index in [9.17, 15) is 14.4 Å². The molecule has 0 aromatic rings. The highest BCUT2D eigenvalue weighted by Crippen LogP contribution is 2.57. The van der Waals surface area contributed by atoms with Crippen LogP contribution in [0.5, 0.6) is 0 Å². The van der Waals surface area contributed by atoms with Crippen molar-refractivity contribution in [2.24, 2.45) is 29.1 Å². The lowest BCUT2D eigenvalue weighted by molar-refractivity contribution is -0.152. The normalized spacial score (nSPS) is 35.7. The van der Waals surface area contributed by atoms with Crippen LogP contribution in [0.25, 0.3) is 0 Å². The number of carbonyl (C=O) groups excluding carboxylic acids is 2. The van der Waals surface area contributed by atoms with Gasteiger partial charge in [0.2, 0.25) is 5.91 Å². The Balaban J connectivity index is 1.77. The molecule has 128 valence electrons. The minimum absolute atomic E-state index is 0.0442. The Labute approximate surface area is 141 Å². The van der Waals surface area contributed by atoms with Crippen molar-refractivity contribution in [1.29, 1.82) is 0 Å². The number of hydrogen-bond donors (Lipinski definition) is 1. The zero-order chi connectivity index (χ0) is 16.9. The number of carboxylic acid groups (broad SMARTS) is 1. The Morgan fingerprint density at radius 1 is 1.30 bits per heavy atom. The van der Waals surface area contributed by atoms with Crippen LogP contribution in [-0.2, 0) is 14.4 Å². The number of thioether (sulfide) groups is 1. The highest BCUT2D eigenvalue weighted by molar-refractivity contribution is 8.13. The zero-order valence-corrected chi connectivity index (χ0v) is 14.8. The summed E-state index contributed by atoms with van der Waals surface area (Å²) in [6.07, 6.45) is 3.19. The minimum atomic E-state index is -0.947. The van der Waals surface area contributed by atoms with E-state index in [0.29, 0.717) is 23.5 Å². The van der Waals surface area contributed by atoms with E-state index in [1.807, 2.05) is 20.8 Å². The van der Waals surface area contributed by atoms with Gasteiger partial charge in [0.25, 0.3) is 0 Å². The van der Waals surface area contributed by atoms with E-state index >= 15 is 0 Å². The molecule has 0 aromatic heterocycles. The second-order valence-corrected chi connectivity index (χ2v) is 9.19. The fourth-order valence-corrected chi connectivity index (χ4v) is 5.91. The monoisotopic (exact) mass is 339 g/mol. The molecule has 0 radical (unpaired) electrons. The first kappa shape index (κ1) is 16.8. The number of piperidine rings is 1. The summed E-state index contributed by atoms with van der Waals surface area (Å²) in [5, 5.41) is 9.24. The number of carboxylic acids is 1. The van der Waals surface area contributed by atoms with Crippen molar-refractivity contribution in [1.82, 2.24) is 4.90 Å². The third kappa shape index (κ3) is 2.90. The number of aliphatic carboxylic acids is 1. The third-order valence-corrected chi connectivity index (χ3v) is 7.13. The van der Waals surface area contributed by atoms with Crippen LogP contribution in [0.4, 0.5) is 0 Å². The van der Waals surface area contributed by atoms with E-state index in [0.717, 1.165) is 19.3 Å². The molecular weight excluding hydrogens is 314 g/mol. The molecule has 2 saturated carbocycles. The van der Waals surface area contributed by atoms with E-state index in [4.69, 9.17) is 5.11 Å². The molecule has 1 saturated heterocycles. The van der Waals surface area contributed by atoms with Gasteiger partial charge in [-0.15, -0.1) is 0 Å². The maximum atomic E-state index is 12.8. The van der Waals surface area contributed by atoms with Crippen molar-refractivity contribution < 1.29 is 19.5 Å². The predicted molar refractivity (Wildman–Crippen MR) is 87.9 cm³/mol. The van der Waals surface area contributed by atoms with Crippen molar-refractivity contribution in [3.05, 3.63) is 0 Å². The van der Waals surface area contributed by atoms with Crippen LogP contribution < -0.4 is 0 Å². The first-order chi connectivity index (χ1) is 10.7. The number of carbonyl (C=O) groups is 3. The van der Waals surface area contributed by atoms with Crippen molar-refractivity contribution >= 4 is 28.8 Å². The quantitative estimate of drug-likeness (QED) is 0.850. The molecule has 3 aliphatic rings. The van der Waals surface area contributed by atoms with Crippen LogP contribution in [0.3, 0.4) is 0 Å². The van der Waals surface area contributed by atoms with Crippen molar-refractivity contribution in [2.75, 3.05) is 12.3 Å². The molecule has 6 heteroatoms. The summed E-state index contributed by atoms with van der Waals surface area (Å²) in [6.45, 7) is 5.46. The predicted octanol–water partition coefficient (Wildman–Crippen LogP) is 2.25. The Bertz CT molecular complexity index is 541. The summed E-state index contributed by atoms with van der Waals surface area (Å²) >= 11 is 1.25. The van der Waals surface area contributed by atoms with Gasteiger partial charge in [-0.25, -0.2) is 0 Å². The molecule has 0 spiro atoms. The van der Waals surface area contributed by atoms with Crippen LogP contribution in [0.2, 0.25) is 0 Å². The van der Waals surface area contributed by atoms with Gasteiger partial charge in [-0.3, -0.25) is 14.4 Å². The van der Waals surface area contributed by atoms with Gasteiger partial charge in [0, 0.05) is 17.2 Å². The number of likely N-dealkylation sites (tertiary alicyclic amines) is 1. The van der Waals surface area contributed by atoms with Crippen LogP contribution in [0, 0.1) is 29.1 Å². The molecule has 2 aliphatic carbocycles. The highest BCUT2D eigenvalue weighted by Gasteiger charge is 2.59. The fourth-order valence-electron chi connectivity index (χ4n) is 4.78. The summed E-state index contributed by atoms with van der Waals surface area (Å²) in [5.74, 6) is 0.638. The van der Waals surface area contributed by atoms with Crippen LogP contribution >= 0.6 is 11.8 Å². The van der Waals surface area contributed by atoms with E-state index < -0.39 is 11.4 Å². The second kappa shape index (κ2) is 5.80. The van der Waals surface area contributed by atoms with Crippen molar-refractivity contribution in [3.63, 3.8) is 0 Å². The van der Waals surface area contributed by atoms with Gasteiger partial charge in [0.15, 0.2) is 5.12 Å². The molecule has 1 aliphatic heterocycles. The van der Waals surface area contributed by atoms with Gasteiger partial charge in [0.1, 0.15) is 6.54 Å². The molecular formula is C17H25NO4S. The van der Waals surface area contributed by atoms with Gasteiger partial charge in [-0.1, -0.05) is 32.5 Å². The largest absolute Gasteiger partial charge is 0.480 e. The molecule has 4 bridgehead atoms. The molecule has 5 unspecified atom stereocenters. The average Bonchev–Trinajstić information content (AvgIpc) is 2.98. The standard InChI is InChI=1S/C17H25NO4S/c1-17(2,3)16(22)23-8-11-14-9-4-5-10(14)12(6-9)18(15(11)21)7-13(19)20/h9-12,14H,4-8H2,1-3H3,(H,19,20). The summed E-state index contributed by atoms with van der Waals surface area (Å²) in [5.41, 5.74) is -0.416. The van der Waals surface area contributed by atoms with Gasteiger partial charge in [-0.2, -0.15) is 0 Å². The van der Waals surface area contributed by atoms with Gasteiger partial charge in [-0.05, 0) is 37.0 Å². The van der Waals surface area contributed by atoms with Gasteiger partial charge >= 0.3 is 5.97 Å². The van der Waals surface area contributed by atoms with E-state index in [1.165, 1.54) is 11.8 Å². The minimum Gasteiger partial charge on any atom is -0.480 e. The highest BCUT2D eigenvalue weighted by atomic mass is 32.2. The molecule has 1 N–H and O–H groups in total. The molecule has 23 heavy (non-hydrogen) atoms. The smallest absolute Gasteiger partial charge is 0.323 e. The van der Waals surface area contributed by atoms with Crippen LogP contribution in [-0.4, -0.2) is 45.3 Å². The maximum absolute atomic E-state index is 12.8. The Hall–Kier alpha value is -1.04. The van der Waals surface area contributed by atoms with Gasteiger partial charge < -0.3 is 10.0 Å². The first-order valence-corrected chi connectivity index (χ1v) is 9.38. The Morgan fingerprint density at radius 3 is 2.61 bits per heavy atom. The summed E-state index contributed by atoms with van der Waals surface area (Å²) in [6, 6.07) is 0.113. The van der Waals surface area contributed by atoms with Crippen LogP contribution in [0.15, 0.2) is 0 Å². The lowest BCUT2D eigenvalue weighted by Crippen LogP contribution is -2.54. The fraction of sp³-hybridized carbons (Fsp3) is 0.824. The van der Waals surface area contributed by atoms with E-state index in [1.54, 1.807) is 4.90 Å². The third-order valence-electron chi connectivity index (χ3n) is 5.73. The summed E-state index contributed by atoms with van der Waals surface area (Å²) in [4.78, 5) is 37.8. The second-order valence-electron chi connectivity index (χ2n) is 8.20. The first-order valence-electron chi connectivity index (χ1n) is 8.39. The van der Waals surface area contributed by atoms with Crippen molar-refractivity contribution in [2.45, 2.75) is 46.1 Å². The SMILES string of the molecule is CC(C)(C)C(=O)SCC1C(=O)N(CC(=O)O)C2CC3CCC2C31. The molecule has 5 atom stereocenters. The Kier molecular flexibility index (Phi) is 4.23. The lowest BCUT2D eigenvalue weighted by Gasteiger charge is -2.41. The molecule has 5 nitrogen and oxygen atoms in total. The number of nitrogens with zero attached hydrogens (tertiary/aromatic N) is 1. The molecule has 3 rings (SSSR count). The average molecular weight is 339 g/mol. The topological polar surface area (TPSA) is 74.7 Å². The maximum Gasteiger partial charge on any atom is 0.323 e. The van der Waals surface area contributed by atoms with Gasteiger partial charge in [0.05, 0.1) is 5.92 Å². The summed E-state index contributed by atoms with van der Waals surface area (Å²) < 4.78 is 0. The van der Waals surface area contributed by atoms with E-state index in [2.05, 4.69) is 0 Å². The van der Waals surface area contributed by atoms with E-state index in [-0.39, 0.29) is 29.5 Å². The summed E-state index contributed by atoms with van der Waals surface area (Å²) in [7, 11) is 0. The molecule has 0 aromatic carbocycles. The lowest BCUT2D eigenvalue weighted by atomic mass is 9.80. The molecule has 3 fully saturated rings. The number of amides is 1.